The Balaban J connectivity index is 0.00000242. The SMILES string of the molecule is COc1cccc(C=NNC(=[OH+])c2ccccc2[O-])c1[OH2+].[OH-].[Pd+2]. The molecule has 0 unspecified atom stereocenters. The van der Waals surface area contributed by atoms with Crippen molar-refractivity contribution in [2.24, 2.45) is 5.10 Å². The normalized spacial score (nSPS) is 9.61. The number of amides is 1. The summed E-state index contributed by atoms with van der Waals surface area (Å²) in [5, 5.41) is 23.2. The molecule has 0 aliphatic carbocycles. The van der Waals surface area contributed by atoms with Gasteiger partial charge in [-0.1, -0.05) is 30.0 Å². The Morgan fingerprint density at radius 1 is 1.26 bits per heavy atom. The van der Waals surface area contributed by atoms with Crippen molar-refractivity contribution in [2.45, 2.75) is 0 Å². The molecule has 1 amide bonds. The fraction of sp³-hybridized carbons (Fsp3) is 0.0667. The average Bonchev–Trinajstić information content (AvgIpc) is 2.49. The quantitative estimate of drug-likeness (QED) is 0.341. The predicted molar refractivity (Wildman–Crippen MR) is 80.7 cm³/mol. The number of rotatable bonds is 4. The first kappa shape index (κ1) is 20.6. The molecule has 2 rings (SSSR count). The van der Waals surface area contributed by atoms with Crippen LogP contribution in [-0.2, 0) is 20.4 Å². The molecule has 0 saturated carbocycles. The van der Waals surface area contributed by atoms with E-state index in [-0.39, 0.29) is 48.9 Å². The number of nitrogens with one attached hydrogen (secondary N) is 1. The van der Waals surface area contributed by atoms with E-state index in [2.05, 4.69) is 10.5 Å². The smallest absolute Gasteiger partial charge is 0.872 e. The van der Waals surface area contributed by atoms with Crippen molar-refractivity contribution in [3.05, 3.63) is 53.6 Å². The van der Waals surface area contributed by atoms with Crippen molar-refractivity contribution in [1.29, 1.82) is 0 Å². The monoisotopic (exact) mass is 410 g/mol. The van der Waals surface area contributed by atoms with Crippen molar-refractivity contribution >= 4 is 12.1 Å². The first-order chi connectivity index (χ1) is 10.1. The Hall–Kier alpha value is -2.40. The molecular weight excluding hydrogens is 395 g/mol. The average molecular weight is 411 g/mol. The number of para-hydroxylation sites is 2. The van der Waals surface area contributed by atoms with Gasteiger partial charge in [-0.2, -0.15) is 10.5 Å². The molecule has 2 aromatic rings. The summed E-state index contributed by atoms with van der Waals surface area (Å²) in [5.74, 6) is -0.0298. The van der Waals surface area contributed by atoms with E-state index in [1.807, 2.05) is 0 Å². The van der Waals surface area contributed by atoms with Crippen LogP contribution < -0.4 is 15.3 Å². The molecule has 0 aromatic heterocycles. The van der Waals surface area contributed by atoms with Gasteiger partial charge in [-0.25, -0.2) is 0 Å². The standard InChI is InChI=1S/C15H14N2O4.H2O.Pd/c1-21-13-8-4-5-10(14(13)19)9-16-17-15(20)11-6-2-3-7-12(11)18;;/h2-9,18-19H,1H3,(H,17,20);1H2;/q;;+2. The first-order valence-corrected chi connectivity index (χ1v) is 6.13. The Bertz CT molecular complexity index is 691. The van der Waals surface area contributed by atoms with Gasteiger partial charge < -0.3 is 20.4 Å². The molecule has 0 atom stereocenters. The van der Waals surface area contributed by atoms with E-state index in [1.165, 1.54) is 25.5 Å². The topological polar surface area (TPSA) is 131 Å². The van der Waals surface area contributed by atoms with Crippen LogP contribution in [0.3, 0.4) is 0 Å². The molecule has 124 valence electrons. The van der Waals surface area contributed by atoms with E-state index >= 15 is 0 Å². The van der Waals surface area contributed by atoms with E-state index in [9.17, 15) is 9.90 Å². The van der Waals surface area contributed by atoms with Gasteiger partial charge in [-0.3, -0.25) is 4.79 Å². The van der Waals surface area contributed by atoms with Crippen LogP contribution in [0.15, 0.2) is 47.6 Å². The van der Waals surface area contributed by atoms with Crippen LogP contribution >= 0.6 is 0 Å². The van der Waals surface area contributed by atoms with E-state index in [4.69, 9.17) is 9.84 Å². The van der Waals surface area contributed by atoms with Gasteiger partial charge in [0.2, 0.25) is 5.75 Å². The van der Waals surface area contributed by atoms with Crippen molar-refractivity contribution in [3.8, 4) is 17.2 Å². The van der Waals surface area contributed by atoms with Crippen LogP contribution in [0.4, 0.5) is 0 Å². The van der Waals surface area contributed by atoms with Gasteiger partial charge in [-0.05, 0) is 18.2 Å². The second-order valence-electron chi connectivity index (χ2n) is 4.14. The number of hydrogen-bond acceptors (Lipinski definition) is 4. The molecule has 8 heteroatoms. The van der Waals surface area contributed by atoms with Gasteiger partial charge >= 0.3 is 32.1 Å². The second kappa shape index (κ2) is 9.59. The van der Waals surface area contributed by atoms with Crippen LogP contribution in [0.2, 0.25) is 0 Å². The third-order valence-electron chi connectivity index (χ3n) is 2.79. The Morgan fingerprint density at radius 3 is 2.61 bits per heavy atom. The van der Waals surface area contributed by atoms with E-state index < -0.39 is 0 Å². The van der Waals surface area contributed by atoms with Crippen LogP contribution in [0.1, 0.15) is 11.1 Å². The molecular formula is C15H16N2O5Pd+2. The van der Waals surface area contributed by atoms with Crippen molar-refractivity contribution in [3.63, 3.8) is 0 Å². The fourth-order valence-electron chi connectivity index (χ4n) is 1.71. The summed E-state index contributed by atoms with van der Waals surface area (Å²) in [4.78, 5) is 9.77. The number of carbonyl (C=O) groups excluding carboxylic acids is 1. The molecule has 0 saturated heterocycles. The van der Waals surface area contributed by atoms with Crippen molar-refractivity contribution < 1.29 is 45.6 Å². The molecule has 5 N–H and O–H groups in total. The van der Waals surface area contributed by atoms with Crippen LogP contribution in [0, 0.1) is 0 Å². The number of hydrogen-bond donors (Lipinski definition) is 1. The van der Waals surface area contributed by atoms with Crippen molar-refractivity contribution in [2.75, 3.05) is 7.11 Å². The third-order valence-corrected chi connectivity index (χ3v) is 2.79. The van der Waals surface area contributed by atoms with Gasteiger partial charge in [0, 0.05) is 0 Å². The summed E-state index contributed by atoms with van der Waals surface area (Å²) in [6.45, 7) is 0. The number of hydrazone groups is 1. The third kappa shape index (κ3) is 5.07. The Labute approximate surface area is 146 Å². The van der Waals surface area contributed by atoms with E-state index in [1.54, 1.807) is 30.3 Å². The van der Waals surface area contributed by atoms with Crippen LogP contribution in [-0.4, -0.2) is 34.6 Å². The number of benzene rings is 2. The molecule has 0 bridgehead atoms. The van der Waals surface area contributed by atoms with Gasteiger partial charge in [0.15, 0.2) is 0 Å². The minimum atomic E-state index is -0.341. The molecule has 0 aliphatic rings. The van der Waals surface area contributed by atoms with Gasteiger partial charge in [0.25, 0.3) is 0 Å². The second-order valence-corrected chi connectivity index (χ2v) is 4.14. The van der Waals surface area contributed by atoms with E-state index in [0.717, 1.165) is 0 Å². The minimum Gasteiger partial charge on any atom is -0.872 e. The molecule has 7 nitrogen and oxygen atoms in total. The van der Waals surface area contributed by atoms with Crippen LogP contribution in [0.5, 0.6) is 17.2 Å². The van der Waals surface area contributed by atoms with E-state index in [0.29, 0.717) is 11.3 Å². The van der Waals surface area contributed by atoms with Gasteiger partial charge in [-0.15, -0.1) is 0 Å². The summed E-state index contributed by atoms with van der Waals surface area (Å²) in [6, 6.07) is 11.2. The zero-order valence-electron chi connectivity index (χ0n) is 12.1. The number of nitrogens with zero attached hydrogens (tertiary/aromatic N) is 1. The van der Waals surface area contributed by atoms with Crippen LogP contribution in [0.25, 0.3) is 0 Å². The molecule has 2 aromatic carbocycles. The summed E-state index contributed by atoms with van der Waals surface area (Å²) in [5.41, 5.74) is 3.02. The minimum absolute atomic E-state index is 0. The maximum absolute atomic E-state index is 11.5. The maximum Gasteiger partial charge on any atom is 2.00 e. The Morgan fingerprint density at radius 2 is 1.96 bits per heavy atom. The maximum atomic E-state index is 11.5. The fourth-order valence-corrected chi connectivity index (χ4v) is 1.71. The summed E-state index contributed by atoms with van der Waals surface area (Å²) in [6.07, 6.45) is 1.37. The molecule has 0 radical (unpaired) electrons. The molecule has 23 heavy (non-hydrogen) atoms. The number of methoxy groups -OCH3 is 1. The Kier molecular flexibility index (Phi) is 8.59. The molecule has 0 aliphatic heterocycles. The predicted octanol–water partition coefficient (Wildman–Crippen LogP) is 0.502. The zero-order valence-corrected chi connectivity index (χ0v) is 13.6. The molecule has 0 fully saturated rings. The summed E-state index contributed by atoms with van der Waals surface area (Å²) in [7, 11) is 1.48. The zero-order chi connectivity index (χ0) is 15.2. The molecule has 0 spiro atoms. The van der Waals surface area contributed by atoms with Gasteiger partial charge in [0.1, 0.15) is 0 Å². The summed E-state index contributed by atoms with van der Waals surface area (Å²) < 4.78 is 5.03. The van der Waals surface area contributed by atoms with Crippen molar-refractivity contribution in [1.82, 2.24) is 5.43 Å². The first-order valence-electron chi connectivity index (χ1n) is 6.13. The number of ether oxygens (including phenoxy) is 1. The summed E-state index contributed by atoms with van der Waals surface area (Å²) >= 11 is 0. The van der Waals surface area contributed by atoms with Gasteiger partial charge in [0.05, 0.1) is 24.5 Å². The molecule has 0 heterocycles. The largest absolute Gasteiger partial charge is 2.00 e.